The Morgan fingerprint density at radius 1 is 0.277 bits per heavy atom. The summed E-state index contributed by atoms with van der Waals surface area (Å²) in [5.41, 5.74) is 13.0. The van der Waals surface area contributed by atoms with Gasteiger partial charge < -0.3 is 4.90 Å². The number of hydrogen-bond donors (Lipinski definition) is 0. The molecule has 0 heterocycles. The molecule has 0 radical (unpaired) electrons. The van der Waals surface area contributed by atoms with E-state index in [0.29, 0.717) is 0 Å². The van der Waals surface area contributed by atoms with Crippen LogP contribution in [0.5, 0.6) is 0 Å². The van der Waals surface area contributed by atoms with Crippen LogP contribution in [0.15, 0.2) is 200 Å². The van der Waals surface area contributed by atoms with Gasteiger partial charge in [0.05, 0.1) is 5.69 Å². The van der Waals surface area contributed by atoms with E-state index >= 15 is 0 Å². The van der Waals surface area contributed by atoms with Crippen molar-refractivity contribution in [3.63, 3.8) is 0 Å². The average molecular weight is 600 g/mol. The average Bonchev–Trinajstić information content (AvgIpc) is 3.16. The second-order valence-corrected chi connectivity index (χ2v) is 11.8. The fourth-order valence-corrected chi connectivity index (χ4v) is 6.64. The molecule has 0 aliphatic heterocycles. The van der Waals surface area contributed by atoms with Crippen molar-refractivity contribution in [3.8, 4) is 44.5 Å². The maximum absolute atomic E-state index is 2.37. The van der Waals surface area contributed by atoms with Crippen LogP contribution in [0.1, 0.15) is 0 Å². The summed E-state index contributed by atoms with van der Waals surface area (Å²) in [4.78, 5) is 2.37. The van der Waals surface area contributed by atoms with Crippen molar-refractivity contribution in [2.75, 3.05) is 4.90 Å². The van der Waals surface area contributed by atoms with Gasteiger partial charge in [-0.05, 0) is 86.1 Å². The quantitative estimate of drug-likeness (QED) is 0.176. The fraction of sp³-hybridized carbons (Fsp3) is 0. The van der Waals surface area contributed by atoms with E-state index in [2.05, 4.69) is 205 Å². The molecule has 0 atom stereocenters. The van der Waals surface area contributed by atoms with Gasteiger partial charge in [0.25, 0.3) is 0 Å². The minimum absolute atomic E-state index is 1.11. The van der Waals surface area contributed by atoms with E-state index in [1.54, 1.807) is 0 Å². The van der Waals surface area contributed by atoms with Gasteiger partial charge >= 0.3 is 0 Å². The summed E-state index contributed by atoms with van der Waals surface area (Å²) in [6.07, 6.45) is 0. The highest BCUT2D eigenvalue weighted by atomic mass is 15.1. The molecule has 0 saturated carbocycles. The number of rotatable bonds is 7. The lowest BCUT2D eigenvalue weighted by molar-refractivity contribution is 1.28. The number of anilines is 3. The van der Waals surface area contributed by atoms with Gasteiger partial charge in [-0.2, -0.15) is 0 Å². The number of para-hydroxylation sites is 2. The molecule has 0 N–H and O–H groups in total. The fourth-order valence-electron chi connectivity index (χ4n) is 6.64. The summed E-state index contributed by atoms with van der Waals surface area (Å²) in [6.45, 7) is 0. The van der Waals surface area contributed by atoms with Crippen molar-refractivity contribution in [1.82, 2.24) is 0 Å². The zero-order chi connectivity index (χ0) is 31.4. The molecule has 8 aromatic rings. The van der Waals surface area contributed by atoms with Crippen molar-refractivity contribution >= 4 is 27.8 Å². The van der Waals surface area contributed by atoms with Gasteiger partial charge in [-0.25, -0.2) is 0 Å². The van der Waals surface area contributed by atoms with Crippen LogP contribution in [-0.2, 0) is 0 Å². The highest BCUT2D eigenvalue weighted by Crippen LogP contribution is 2.42. The summed E-state index contributed by atoms with van der Waals surface area (Å²) >= 11 is 0. The van der Waals surface area contributed by atoms with E-state index in [4.69, 9.17) is 0 Å². The first-order valence-corrected chi connectivity index (χ1v) is 16.1. The van der Waals surface area contributed by atoms with Gasteiger partial charge in [-0.3, -0.25) is 0 Å². The summed E-state index contributed by atoms with van der Waals surface area (Å²) in [6, 6.07) is 71.8. The first kappa shape index (κ1) is 28.3. The molecule has 1 nitrogen and oxygen atoms in total. The molecule has 0 aliphatic rings. The monoisotopic (exact) mass is 599 g/mol. The summed E-state index contributed by atoms with van der Waals surface area (Å²) in [7, 11) is 0. The molecule has 0 saturated heterocycles. The molecule has 222 valence electrons. The van der Waals surface area contributed by atoms with E-state index in [1.165, 1.54) is 55.3 Å². The number of nitrogens with zero attached hydrogens (tertiary/aromatic N) is 1. The van der Waals surface area contributed by atoms with Crippen molar-refractivity contribution in [1.29, 1.82) is 0 Å². The summed E-state index contributed by atoms with van der Waals surface area (Å²) < 4.78 is 0. The molecule has 0 fully saturated rings. The van der Waals surface area contributed by atoms with E-state index in [1.807, 2.05) is 0 Å². The summed E-state index contributed by atoms with van der Waals surface area (Å²) in [5, 5.41) is 2.51. The van der Waals surface area contributed by atoms with Crippen LogP contribution in [0.2, 0.25) is 0 Å². The van der Waals surface area contributed by atoms with Gasteiger partial charge in [0.1, 0.15) is 0 Å². The third kappa shape index (κ3) is 5.60. The molecule has 8 rings (SSSR count). The number of fused-ring (bicyclic) bond motifs is 1. The summed E-state index contributed by atoms with van der Waals surface area (Å²) in [5.74, 6) is 0. The SMILES string of the molecule is c1ccc(-c2ccccc2-c2ccc(N(c3ccccc3)c3ccccc3-c3cccc(-c4cccc5ccccc45)c3)cc2)cc1. The molecule has 8 aromatic carbocycles. The van der Waals surface area contributed by atoms with Crippen molar-refractivity contribution in [2.45, 2.75) is 0 Å². The lowest BCUT2D eigenvalue weighted by atomic mass is 9.94. The third-order valence-electron chi connectivity index (χ3n) is 8.88. The lowest BCUT2D eigenvalue weighted by Gasteiger charge is -2.28. The second kappa shape index (κ2) is 12.7. The van der Waals surface area contributed by atoms with Crippen molar-refractivity contribution < 1.29 is 0 Å². The van der Waals surface area contributed by atoms with Crippen molar-refractivity contribution in [3.05, 3.63) is 200 Å². The first-order valence-electron chi connectivity index (χ1n) is 16.1. The Labute approximate surface area is 276 Å². The Hall–Kier alpha value is -6.18. The molecule has 0 unspecified atom stereocenters. The van der Waals surface area contributed by atoms with Crippen LogP contribution in [-0.4, -0.2) is 0 Å². The highest BCUT2D eigenvalue weighted by Gasteiger charge is 2.18. The van der Waals surface area contributed by atoms with Gasteiger partial charge in [0, 0.05) is 16.9 Å². The maximum atomic E-state index is 2.37. The third-order valence-corrected chi connectivity index (χ3v) is 8.88. The minimum Gasteiger partial charge on any atom is -0.310 e. The van der Waals surface area contributed by atoms with Gasteiger partial charge in [0.2, 0.25) is 0 Å². The van der Waals surface area contributed by atoms with Crippen LogP contribution in [0, 0.1) is 0 Å². The Bertz CT molecular complexity index is 2280. The Balaban J connectivity index is 1.23. The predicted molar refractivity (Wildman–Crippen MR) is 200 cm³/mol. The zero-order valence-electron chi connectivity index (χ0n) is 26.0. The largest absolute Gasteiger partial charge is 0.310 e. The molecule has 0 bridgehead atoms. The van der Waals surface area contributed by atoms with E-state index < -0.39 is 0 Å². The number of benzene rings is 8. The second-order valence-electron chi connectivity index (χ2n) is 11.8. The lowest BCUT2D eigenvalue weighted by Crippen LogP contribution is -2.11. The number of hydrogen-bond acceptors (Lipinski definition) is 1. The van der Waals surface area contributed by atoms with Crippen LogP contribution >= 0.6 is 0 Å². The predicted octanol–water partition coefficient (Wildman–Crippen LogP) is 13.0. The van der Waals surface area contributed by atoms with Gasteiger partial charge in [0.15, 0.2) is 0 Å². The van der Waals surface area contributed by atoms with E-state index in [9.17, 15) is 0 Å². The van der Waals surface area contributed by atoms with Crippen molar-refractivity contribution in [2.24, 2.45) is 0 Å². The highest BCUT2D eigenvalue weighted by molar-refractivity contribution is 5.98. The van der Waals surface area contributed by atoms with Crippen LogP contribution in [0.3, 0.4) is 0 Å². The molecule has 47 heavy (non-hydrogen) atoms. The molecule has 1 heteroatoms. The van der Waals surface area contributed by atoms with Crippen LogP contribution < -0.4 is 4.90 Å². The van der Waals surface area contributed by atoms with Crippen LogP contribution in [0.25, 0.3) is 55.3 Å². The zero-order valence-corrected chi connectivity index (χ0v) is 26.0. The molecule has 0 aliphatic carbocycles. The Morgan fingerprint density at radius 3 is 1.49 bits per heavy atom. The standard InChI is InChI=1S/C46H33N/c1-3-15-34(16-4-1)41-24-9-10-25-43(41)36-29-31-40(32-30-36)47(39-21-5-2-6-22-39)46-28-12-11-26-45(46)38-20-13-19-37(33-38)44-27-14-18-35-17-7-8-23-42(35)44/h1-33H. The van der Waals surface area contributed by atoms with Gasteiger partial charge in [-0.1, -0.05) is 164 Å². The van der Waals surface area contributed by atoms with E-state index in [0.717, 1.165) is 17.1 Å². The molecule has 0 amide bonds. The Morgan fingerprint density at radius 2 is 0.745 bits per heavy atom. The molecular weight excluding hydrogens is 567 g/mol. The minimum atomic E-state index is 1.11. The van der Waals surface area contributed by atoms with Crippen LogP contribution in [0.4, 0.5) is 17.1 Å². The van der Waals surface area contributed by atoms with Gasteiger partial charge in [-0.15, -0.1) is 0 Å². The topological polar surface area (TPSA) is 3.24 Å². The maximum Gasteiger partial charge on any atom is 0.0540 e. The normalized spacial score (nSPS) is 11.0. The first-order chi connectivity index (χ1) is 23.3. The molecule has 0 aromatic heterocycles. The Kier molecular flexibility index (Phi) is 7.63. The smallest absolute Gasteiger partial charge is 0.0540 e. The molecular formula is C46H33N. The van der Waals surface area contributed by atoms with E-state index in [-0.39, 0.29) is 0 Å². The molecule has 0 spiro atoms.